The largest absolute Gasteiger partial charge is 0.491 e. The van der Waals surface area contributed by atoms with Crippen LogP contribution in [0.3, 0.4) is 0 Å². The quantitative estimate of drug-likeness (QED) is 0.540. The summed E-state index contributed by atoms with van der Waals surface area (Å²) in [6.45, 7) is 1.67. The van der Waals surface area contributed by atoms with E-state index in [9.17, 15) is 13.6 Å². The van der Waals surface area contributed by atoms with Crippen molar-refractivity contribution in [3.63, 3.8) is 0 Å². The fraction of sp³-hybridized carbons (Fsp3) is 0.350. The average molecular weight is 434 g/mol. The highest BCUT2D eigenvalue weighted by Gasteiger charge is 2.22. The maximum Gasteiger partial charge on any atom is 0.271 e. The molecule has 1 aliphatic heterocycles. The summed E-state index contributed by atoms with van der Waals surface area (Å²) in [6.07, 6.45) is 1.41. The molecule has 166 valence electrons. The highest BCUT2D eigenvalue weighted by molar-refractivity contribution is 5.93. The minimum Gasteiger partial charge on any atom is -0.491 e. The number of halogens is 2. The van der Waals surface area contributed by atoms with Crippen molar-refractivity contribution in [2.24, 2.45) is 0 Å². The monoisotopic (exact) mass is 434 g/mol. The van der Waals surface area contributed by atoms with Crippen LogP contribution in [0.25, 0.3) is 5.65 Å². The second kappa shape index (κ2) is 9.67. The number of nitrogens with one attached hydrogen (secondary N) is 3. The second-order valence-corrected chi connectivity index (χ2v) is 6.89. The molecule has 3 aromatic rings. The first kappa shape index (κ1) is 22.4. The van der Waals surface area contributed by atoms with Gasteiger partial charge in [-0.25, -0.2) is 13.9 Å². The van der Waals surface area contributed by atoms with E-state index in [2.05, 4.69) is 26.0 Å². The molecule has 31 heavy (non-hydrogen) atoms. The number of ether oxygens (including phenoxy) is 2. The normalized spacial score (nSPS) is 16.1. The molecule has 0 saturated heterocycles. The maximum atomic E-state index is 14.5. The number of methoxy groups -OCH3 is 1. The number of anilines is 2. The van der Waals surface area contributed by atoms with Gasteiger partial charge >= 0.3 is 0 Å². The number of rotatable bonds is 1. The lowest BCUT2D eigenvalue weighted by Gasteiger charge is -2.18. The zero-order valence-corrected chi connectivity index (χ0v) is 17.6. The Kier molecular flexibility index (Phi) is 6.98. The number of aromatic nitrogens is 3. The van der Waals surface area contributed by atoms with Gasteiger partial charge in [-0.15, -0.1) is 5.10 Å². The number of carbonyl (C=O) groups excluding carboxylic acids is 1. The van der Waals surface area contributed by atoms with Crippen LogP contribution < -0.4 is 20.7 Å². The zero-order valence-electron chi connectivity index (χ0n) is 17.6. The first-order chi connectivity index (χ1) is 14.9. The fourth-order valence-electron chi connectivity index (χ4n) is 2.98. The van der Waals surface area contributed by atoms with Crippen molar-refractivity contribution in [2.45, 2.75) is 19.6 Å². The fourth-order valence-corrected chi connectivity index (χ4v) is 2.98. The number of nitrogens with zero attached hydrogens (tertiary/aromatic N) is 3. The first-order valence-electron chi connectivity index (χ1n) is 9.53. The average Bonchev–Trinajstić information content (AvgIpc) is 3.15. The standard InChI is InChI=1S/C18H17F2N5O3.C2H7N/c1-9-7-28-8-10-5-11(17(27-2)16(20)15(10)19)23-13-3-4-14-21-6-12(18(26)22-9)25(14)24-13;1-3-2/h3-6,9H,7-8H2,1-2H3,(H,22,26)(H,23,24);3H,1-2H3. The Morgan fingerprint density at radius 2 is 2.03 bits per heavy atom. The molecular weight excluding hydrogens is 410 g/mol. The van der Waals surface area contributed by atoms with Crippen LogP contribution in [-0.4, -0.2) is 54.4 Å². The summed E-state index contributed by atoms with van der Waals surface area (Å²) in [7, 11) is 4.99. The maximum absolute atomic E-state index is 14.5. The molecule has 4 bridgehead atoms. The molecule has 9 nitrogen and oxygen atoms in total. The van der Waals surface area contributed by atoms with Crippen LogP contribution >= 0.6 is 0 Å². The number of benzene rings is 1. The van der Waals surface area contributed by atoms with E-state index >= 15 is 0 Å². The molecule has 3 heterocycles. The first-order valence-corrected chi connectivity index (χ1v) is 9.53. The summed E-state index contributed by atoms with van der Waals surface area (Å²) in [6, 6.07) is 4.30. The Labute approximate surface area is 177 Å². The summed E-state index contributed by atoms with van der Waals surface area (Å²) in [4.78, 5) is 16.7. The molecule has 1 amide bonds. The lowest BCUT2D eigenvalue weighted by molar-refractivity contribution is 0.0807. The minimum atomic E-state index is -1.12. The van der Waals surface area contributed by atoms with E-state index in [0.717, 1.165) is 0 Å². The van der Waals surface area contributed by atoms with Gasteiger partial charge in [-0.2, -0.15) is 4.39 Å². The summed E-state index contributed by atoms with van der Waals surface area (Å²) in [5.41, 5.74) is 0.897. The van der Waals surface area contributed by atoms with Crippen molar-refractivity contribution in [2.75, 3.05) is 33.1 Å². The molecule has 4 rings (SSSR count). The number of amides is 1. The molecule has 1 unspecified atom stereocenters. The van der Waals surface area contributed by atoms with Gasteiger partial charge in [0.15, 0.2) is 28.7 Å². The van der Waals surface area contributed by atoms with Gasteiger partial charge in [-0.1, -0.05) is 0 Å². The smallest absolute Gasteiger partial charge is 0.271 e. The highest BCUT2D eigenvalue weighted by Crippen LogP contribution is 2.34. The van der Waals surface area contributed by atoms with Gasteiger partial charge in [0.1, 0.15) is 0 Å². The van der Waals surface area contributed by atoms with Crippen LogP contribution in [0.4, 0.5) is 20.3 Å². The SMILES string of the molecule is CNC.COc1c2cc(c(F)c1F)COCC(C)NC(=O)c1cnc3ccc(nn13)N2. The molecule has 0 aliphatic carbocycles. The van der Waals surface area contributed by atoms with Crippen LogP contribution in [0.15, 0.2) is 24.4 Å². The summed E-state index contributed by atoms with van der Waals surface area (Å²) >= 11 is 0. The van der Waals surface area contributed by atoms with Crippen LogP contribution in [-0.2, 0) is 11.3 Å². The minimum absolute atomic E-state index is 0.0146. The number of carbonyl (C=O) groups is 1. The lowest BCUT2D eigenvalue weighted by Crippen LogP contribution is -2.36. The van der Waals surface area contributed by atoms with Crippen molar-refractivity contribution in [3.05, 3.63) is 47.3 Å². The molecule has 0 radical (unpaired) electrons. The van der Waals surface area contributed by atoms with E-state index in [1.54, 1.807) is 19.1 Å². The van der Waals surface area contributed by atoms with E-state index in [4.69, 9.17) is 9.47 Å². The van der Waals surface area contributed by atoms with Crippen molar-refractivity contribution in [3.8, 4) is 5.75 Å². The zero-order chi connectivity index (χ0) is 22.5. The van der Waals surface area contributed by atoms with Crippen molar-refractivity contribution in [1.29, 1.82) is 0 Å². The van der Waals surface area contributed by atoms with Crippen molar-refractivity contribution >= 4 is 23.1 Å². The molecule has 0 fully saturated rings. The molecule has 1 atom stereocenters. The van der Waals surface area contributed by atoms with Crippen LogP contribution in [0.1, 0.15) is 23.0 Å². The van der Waals surface area contributed by atoms with E-state index < -0.39 is 11.6 Å². The summed E-state index contributed by atoms with van der Waals surface area (Å²) < 4.78 is 40.7. The van der Waals surface area contributed by atoms with E-state index in [1.165, 1.54) is 23.9 Å². The molecule has 2 aromatic heterocycles. The van der Waals surface area contributed by atoms with Gasteiger partial charge < -0.3 is 25.4 Å². The summed E-state index contributed by atoms with van der Waals surface area (Å²) in [5, 5.41) is 12.8. The number of hydrogen-bond donors (Lipinski definition) is 3. The second-order valence-electron chi connectivity index (χ2n) is 6.89. The van der Waals surface area contributed by atoms with Crippen molar-refractivity contribution in [1.82, 2.24) is 25.2 Å². The number of imidazole rings is 1. The highest BCUT2D eigenvalue weighted by atomic mass is 19.2. The van der Waals surface area contributed by atoms with Crippen LogP contribution in [0.2, 0.25) is 0 Å². The predicted octanol–water partition coefficient (Wildman–Crippen LogP) is 2.24. The van der Waals surface area contributed by atoms with Gasteiger partial charge in [-0.05, 0) is 39.2 Å². The third kappa shape index (κ3) is 4.72. The van der Waals surface area contributed by atoms with Gasteiger partial charge in [-0.3, -0.25) is 4.79 Å². The Morgan fingerprint density at radius 3 is 2.74 bits per heavy atom. The Bertz CT molecular complexity index is 1090. The van der Waals surface area contributed by atoms with E-state index in [-0.39, 0.29) is 47.9 Å². The topological polar surface area (TPSA) is 102 Å². The summed E-state index contributed by atoms with van der Waals surface area (Å²) in [5.74, 6) is -2.54. The molecule has 1 aliphatic rings. The molecular formula is C20H24F2N6O3. The Morgan fingerprint density at radius 1 is 1.29 bits per heavy atom. The van der Waals surface area contributed by atoms with Gasteiger partial charge in [0.05, 0.1) is 32.2 Å². The predicted molar refractivity (Wildman–Crippen MR) is 111 cm³/mol. The van der Waals surface area contributed by atoms with Crippen LogP contribution in [0.5, 0.6) is 5.75 Å². The van der Waals surface area contributed by atoms with Crippen LogP contribution in [0, 0.1) is 11.6 Å². The van der Waals surface area contributed by atoms with Gasteiger partial charge in [0.2, 0.25) is 5.82 Å². The Balaban J connectivity index is 0.000000858. The Hall–Kier alpha value is -3.31. The molecule has 11 heteroatoms. The molecule has 0 saturated carbocycles. The molecule has 3 N–H and O–H groups in total. The molecule has 0 spiro atoms. The third-order valence-electron chi connectivity index (χ3n) is 4.30. The number of fused-ring (bicyclic) bond motifs is 3. The lowest BCUT2D eigenvalue weighted by atomic mass is 10.1. The van der Waals surface area contributed by atoms with Gasteiger partial charge in [0, 0.05) is 11.6 Å². The van der Waals surface area contributed by atoms with E-state index in [0.29, 0.717) is 11.5 Å². The number of hydrogen-bond acceptors (Lipinski definition) is 7. The molecule has 1 aromatic carbocycles. The van der Waals surface area contributed by atoms with E-state index in [1.807, 2.05) is 14.1 Å². The van der Waals surface area contributed by atoms with Crippen molar-refractivity contribution < 1.29 is 23.0 Å². The van der Waals surface area contributed by atoms with Gasteiger partial charge in [0.25, 0.3) is 5.91 Å². The third-order valence-corrected chi connectivity index (χ3v) is 4.30.